The fourth-order valence-corrected chi connectivity index (χ4v) is 0.804. The third-order valence-corrected chi connectivity index (χ3v) is 1.42. The molecule has 0 radical (unpaired) electrons. The van der Waals surface area contributed by atoms with Crippen LogP contribution >= 0.6 is 0 Å². The van der Waals surface area contributed by atoms with Gasteiger partial charge in [0.2, 0.25) is 0 Å². The van der Waals surface area contributed by atoms with Gasteiger partial charge in [0.05, 0.1) is 0 Å². The SMILES string of the molecule is C/C=C(\C)C/C(C)=C/C(=O)O. The molecular weight excluding hydrogens is 140 g/mol. The lowest BCUT2D eigenvalue weighted by Gasteiger charge is -1.98. The second-order valence-electron chi connectivity index (χ2n) is 2.64. The molecule has 0 fully saturated rings. The van der Waals surface area contributed by atoms with Crippen molar-refractivity contribution in [1.29, 1.82) is 0 Å². The lowest BCUT2D eigenvalue weighted by Crippen LogP contribution is -1.90. The molecule has 11 heavy (non-hydrogen) atoms. The van der Waals surface area contributed by atoms with Crippen LogP contribution in [0.5, 0.6) is 0 Å². The number of hydrogen-bond donors (Lipinski definition) is 1. The molecule has 0 spiro atoms. The van der Waals surface area contributed by atoms with Gasteiger partial charge in [0, 0.05) is 6.08 Å². The van der Waals surface area contributed by atoms with Crippen LogP contribution in [0.2, 0.25) is 0 Å². The summed E-state index contributed by atoms with van der Waals surface area (Å²) in [4.78, 5) is 10.2. The molecule has 0 aromatic rings. The van der Waals surface area contributed by atoms with Crippen LogP contribution in [0.25, 0.3) is 0 Å². The summed E-state index contributed by atoms with van der Waals surface area (Å²) in [6.45, 7) is 5.75. The highest BCUT2D eigenvalue weighted by Crippen LogP contribution is 2.08. The molecule has 0 saturated heterocycles. The maximum absolute atomic E-state index is 10.2. The van der Waals surface area contributed by atoms with Crippen LogP contribution in [0.15, 0.2) is 23.3 Å². The van der Waals surface area contributed by atoms with E-state index in [0.29, 0.717) is 0 Å². The largest absolute Gasteiger partial charge is 0.478 e. The van der Waals surface area contributed by atoms with E-state index in [2.05, 4.69) is 0 Å². The van der Waals surface area contributed by atoms with Gasteiger partial charge in [0.1, 0.15) is 0 Å². The minimum atomic E-state index is -0.869. The molecule has 0 rings (SSSR count). The van der Waals surface area contributed by atoms with E-state index >= 15 is 0 Å². The topological polar surface area (TPSA) is 37.3 Å². The molecule has 1 N–H and O–H groups in total. The van der Waals surface area contributed by atoms with Crippen LogP contribution in [-0.2, 0) is 4.79 Å². The van der Waals surface area contributed by atoms with Gasteiger partial charge in [-0.15, -0.1) is 0 Å². The molecule has 0 heterocycles. The molecule has 0 aliphatic carbocycles. The van der Waals surface area contributed by atoms with Gasteiger partial charge in [-0.25, -0.2) is 4.79 Å². The summed E-state index contributed by atoms with van der Waals surface area (Å²) < 4.78 is 0. The third kappa shape index (κ3) is 5.40. The quantitative estimate of drug-likeness (QED) is 0.500. The number of carboxylic acids is 1. The minimum Gasteiger partial charge on any atom is -0.478 e. The van der Waals surface area contributed by atoms with Gasteiger partial charge < -0.3 is 5.11 Å². The first-order chi connectivity index (χ1) is 5.06. The molecule has 0 atom stereocenters. The first kappa shape index (κ1) is 9.95. The van der Waals surface area contributed by atoms with E-state index in [1.165, 1.54) is 11.6 Å². The molecule has 0 amide bonds. The van der Waals surface area contributed by atoms with E-state index in [0.717, 1.165) is 12.0 Å². The number of aliphatic carboxylic acids is 1. The summed E-state index contributed by atoms with van der Waals surface area (Å²) in [6.07, 6.45) is 3.98. The fraction of sp³-hybridized carbons (Fsp3) is 0.444. The highest BCUT2D eigenvalue weighted by molar-refractivity contribution is 5.80. The van der Waals surface area contributed by atoms with Crippen LogP contribution < -0.4 is 0 Å². The van der Waals surface area contributed by atoms with Crippen molar-refractivity contribution in [2.45, 2.75) is 27.2 Å². The zero-order chi connectivity index (χ0) is 8.85. The number of carboxylic acid groups (broad SMARTS) is 1. The summed E-state index contributed by atoms with van der Waals surface area (Å²) in [6, 6.07) is 0. The first-order valence-electron chi connectivity index (χ1n) is 3.58. The Balaban J connectivity index is 4.07. The van der Waals surface area contributed by atoms with E-state index < -0.39 is 5.97 Å². The maximum Gasteiger partial charge on any atom is 0.328 e. The Hall–Kier alpha value is -1.05. The van der Waals surface area contributed by atoms with Gasteiger partial charge in [0.15, 0.2) is 0 Å². The van der Waals surface area contributed by atoms with Crippen molar-refractivity contribution >= 4 is 5.97 Å². The Morgan fingerprint density at radius 3 is 2.27 bits per heavy atom. The predicted molar refractivity (Wildman–Crippen MR) is 45.4 cm³/mol. The molecule has 0 aromatic carbocycles. The molecule has 0 unspecified atom stereocenters. The summed E-state index contributed by atoms with van der Waals surface area (Å²) in [5.74, 6) is -0.869. The highest BCUT2D eigenvalue weighted by Gasteiger charge is 1.94. The molecule has 0 aliphatic rings. The maximum atomic E-state index is 10.2. The Bertz CT molecular complexity index is 200. The highest BCUT2D eigenvalue weighted by atomic mass is 16.4. The molecule has 0 bridgehead atoms. The Labute approximate surface area is 67.2 Å². The minimum absolute atomic E-state index is 0.753. The van der Waals surface area contributed by atoms with E-state index in [1.807, 2.05) is 26.8 Å². The van der Waals surface area contributed by atoms with E-state index in [-0.39, 0.29) is 0 Å². The molecule has 0 aliphatic heterocycles. The van der Waals surface area contributed by atoms with Gasteiger partial charge in [-0.05, 0) is 27.2 Å². The molecular formula is C9H14O2. The Kier molecular flexibility index (Phi) is 4.27. The monoisotopic (exact) mass is 154 g/mol. The van der Waals surface area contributed by atoms with Crippen LogP contribution in [0, 0.1) is 0 Å². The molecule has 0 saturated carbocycles. The predicted octanol–water partition coefficient (Wildman–Crippen LogP) is 2.37. The van der Waals surface area contributed by atoms with Crippen LogP contribution in [0.3, 0.4) is 0 Å². The number of carbonyl (C=O) groups is 1. The summed E-state index contributed by atoms with van der Waals surface area (Å²) in [7, 11) is 0. The average molecular weight is 154 g/mol. The smallest absolute Gasteiger partial charge is 0.328 e. The van der Waals surface area contributed by atoms with Crippen LogP contribution in [0.4, 0.5) is 0 Å². The van der Waals surface area contributed by atoms with Gasteiger partial charge in [0.25, 0.3) is 0 Å². The van der Waals surface area contributed by atoms with Gasteiger partial charge in [-0.3, -0.25) is 0 Å². The van der Waals surface area contributed by atoms with Crippen molar-refractivity contribution in [2.75, 3.05) is 0 Å². The van der Waals surface area contributed by atoms with E-state index in [4.69, 9.17) is 5.11 Å². The van der Waals surface area contributed by atoms with Crippen molar-refractivity contribution in [3.63, 3.8) is 0 Å². The van der Waals surface area contributed by atoms with E-state index in [9.17, 15) is 4.79 Å². The van der Waals surface area contributed by atoms with Crippen molar-refractivity contribution in [3.05, 3.63) is 23.3 Å². The second-order valence-corrected chi connectivity index (χ2v) is 2.64. The molecule has 2 nitrogen and oxygen atoms in total. The van der Waals surface area contributed by atoms with Crippen molar-refractivity contribution in [2.24, 2.45) is 0 Å². The zero-order valence-electron chi connectivity index (χ0n) is 7.22. The molecule has 0 aromatic heterocycles. The normalized spacial score (nSPS) is 13.4. The first-order valence-corrected chi connectivity index (χ1v) is 3.58. The summed E-state index contributed by atoms with van der Waals surface area (Å²) in [5, 5.41) is 8.37. The zero-order valence-corrected chi connectivity index (χ0v) is 7.22. The van der Waals surface area contributed by atoms with Crippen molar-refractivity contribution < 1.29 is 9.90 Å². The van der Waals surface area contributed by atoms with Crippen LogP contribution in [0.1, 0.15) is 27.2 Å². The van der Waals surface area contributed by atoms with Gasteiger partial charge >= 0.3 is 5.97 Å². The van der Waals surface area contributed by atoms with Crippen molar-refractivity contribution in [1.82, 2.24) is 0 Å². The summed E-state index contributed by atoms with van der Waals surface area (Å²) in [5.41, 5.74) is 2.08. The average Bonchev–Trinajstić information content (AvgIpc) is 1.85. The number of hydrogen-bond acceptors (Lipinski definition) is 1. The van der Waals surface area contributed by atoms with Crippen LogP contribution in [-0.4, -0.2) is 11.1 Å². The standard InChI is InChI=1S/C9H14O2/c1-4-7(2)5-8(3)6-9(10)11/h4,6H,5H2,1-3H3,(H,10,11)/b7-4+,8-6+. The fourth-order valence-electron chi connectivity index (χ4n) is 0.804. The number of rotatable bonds is 3. The van der Waals surface area contributed by atoms with Gasteiger partial charge in [-0.1, -0.05) is 17.2 Å². The lowest BCUT2D eigenvalue weighted by atomic mass is 10.1. The van der Waals surface area contributed by atoms with Crippen molar-refractivity contribution in [3.8, 4) is 0 Å². The van der Waals surface area contributed by atoms with E-state index in [1.54, 1.807) is 0 Å². The Morgan fingerprint density at radius 2 is 1.91 bits per heavy atom. The third-order valence-electron chi connectivity index (χ3n) is 1.42. The lowest BCUT2D eigenvalue weighted by molar-refractivity contribution is -0.131. The summed E-state index contributed by atoms with van der Waals surface area (Å²) >= 11 is 0. The second kappa shape index (κ2) is 4.72. The molecule has 62 valence electrons. The van der Waals surface area contributed by atoms with Gasteiger partial charge in [-0.2, -0.15) is 0 Å². The number of allylic oxidation sites excluding steroid dienone is 3. The molecule has 2 heteroatoms. The Morgan fingerprint density at radius 1 is 1.36 bits per heavy atom.